The maximum Gasteiger partial charge on any atom is 0.252 e. The summed E-state index contributed by atoms with van der Waals surface area (Å²) >= 11 is 0.986. The van der Waals surface area contributed by atoms with Crippen molar-refractivity contribution in [2.75, 3.05) is 6.54 Å². The van der Waals surface area contributed by atoms with Crippen LogP contribution in [0.25, 0.3) is 0 Å². The summed E-state index contributed by atoms with van der Waals surface area (Å²) < 4.78 is 27.2. The van der Waals surface area contributed by atoms with Crippen LogP contribution in [-0.2, 0) is 14.8 Å². The van der Waals surface area contributed by atoms with Gasteiger partial charge in [0.2, 0.25) is 0 Å². The fraction of sp³-hybridized carbons (Fsp3) is 0.571. The van der Waals surface area contributed by atoms with Gasteiger partial charge in [0.05, 0.1) is 0 Å². The third-order valence-corrected chi connectivity index (χ3v) is 7.01. The molecule has 0 aliphatic carbocycles. The van der Waals surface area contributed by atoms with Crippen LogP contribution >= 0.6 is 11.3 Å². The van der Waals surface area contributed by atoms with Crippen molar-refractivity contribution in [3.8, 4) is 6.07 Å². The zero-order valence-electron chi connectivity index (χ0n) is 11.9. The van der Waals surface area contributed by atoms with Crippen LogP contribution in [0.1, 0.15) is 43.9 Å². The second-order valence-electron chi connectivity index (χ2n) is 5.26. The Bertz CT molecular complexity index is 658. The number of nitrogens with zero attached hydrogens (tertiary/aromatic N) is 2. The number of thiophene rings is 1. The van der Waals surface area contributed by atoms with Gasteiger partial charge in [-0.2, -0.15) is 9.57 Å². The summed E-state index contributed by atoms with van der Waals surface area (Å²) in [6, 6.07) is 4.70. The van der Waals surface area contributed by atoms with Crippen molar-refractivity contribution in [1.29, 1.82) is 5.26 Å². The largest absolute Gasteiger partial charge is 0.300 e. The highest BCUT2D eigenvalue weighted by molar-refractivity contribution is 7.91. The van der Waals surface area contributed by atoms with Gasteiger partial charge in [0, 0.05) is 19.0 Å². The molecule has 1 atom stereocenters. The second kappa shape index (κ2) is 6.69. The van der Waals surface area contributed by atoms with Crippen LogP contribution in [0.4, 0.5) is 0 Å². The zero-order chi connectivity index (χ0) is 15.5. The van der Waals surface area contributed by atoms with Gasteiger partial charge >= 0.3 is 0 Å². The number of carbonyl (C=O) groups is 1. The van der Waals surface area contributed by atoms with E-state index in [1.54, 1.807) is 0 Å². The molecule has 2 rings (SSSR count). The van der Waals surface area contributed by atoms with Crippen molar-refractivity contribution in [3.05, 3.63) is 17.0 Å². The Morgan fingerprint density at radius 3 is 2.81 bits per heavy atom. The first kappa shape index (κ1) is 16.1. The fourth-order valence-corrected chi connectivity index (χ4v) is 5.56. The van der Waals surface area contributed by atoms with Gasteiger partial charge in [0.15, 0.2) is 0 Å². The van der Waals surface area contributed by atoms with Crippen molar-refractivity contribution in [3.63, 3.8) is 0 Å². The number of rotatable bonds is 4. The summed E-state index contributed by atoms with van der Waals surface area (Å²) in [5.74, 6) is 0.00555. The van der Waals surface area contributed by atoms with Crippen LogP contribution < -0.4 is 0 Å². The summed E-state index contributed by atoms with van der Waals surface area (Å²) in [6.45, 7) is 1.94. The number of Topliss-reactive ketones (excluding diaryl/α,β-unsaturated/α-hetero) is 1. The third-order valence-electron chi connectivity index (χ3n) is 3.60. The van der Waals surface area contributed by atoms with Crippen LogP contribution in [0.2, 0.25) is 0 Å². The highest BCUT2D eigenvalue weighted by Crippen LogP contribution is 2.30. The van der Waals surface area contributed by atoms with E-state index in [-0.39, 0.29) is 22.5 Å². The lowest BCUT2D eigenvalue weighted by Gasteiger charge is -2.27. The van der Waals surface area contributed by atoms with Gasteiger partial charge in [-0.05, 0) is 31.9 Å². The quantitative estimate of drug-likeness (QED) is 0.852. The molecular weight excluding hydrogens is 308 g/mol. The van der Waals surface area contributed by atoms with Gasteiger partial charge in [-0.25, -0.2) is 8.42 Å². The molecule has 1 aliphatic heterocycles. The molecule has 1 aliphatic rings. The molecule has 114 valence electrons. The van der Waals surface area contributed by atoms with Crippen molar-refractivity contribution in [2.45, 2.75) is 49.3 Å². The van der Waals surface area contributed by atoms with E-state index in [4.69, 9.17) is 5.26 Å². The van der Waals surface area contributed by atoms with Crippen molar-refractivity contribution >= 4 is 27.1 Å². The highest BCUT2D eigenvalue weighted by Gasteiger charge is 2.33. The SMILES string of the molecule is CC(=O)CC1CCCCCN1S(=O)(=O)c1ccc(C#N)s1. The number of hydrogen-bond acceptors (Lipinski definition) is 5. The minimum atomic E-state index is -3.62. The van der Waals surface area contributed by atoms with Gasteiger partial charge in [-0.3, -0.25) is 4.79 Å². The average molecular weight is 326 g/mol. The minimum absolute atomic E-state index is 0.00555. The van der Waals surface area contributed by atoms with E-state index in [0.29, 0.717) is 11.4 Å². The Kier molecular flexibility index (Phi) is 5.14. The first-order valence-corrected chi connectivity index (χ1v) is 9.22. The summed E-state index contributed by atoms with van der Waals surface area (Å²) in [5.41, 5.74) is 0. The molecule has 21 heavy (non-hydrogen) atoms. The normalized spacial score (nSPS) is 20.7. The van der Waals surface area contributed by atoms with Crippen molar-refractivity contribution in [2.24, 2.45) is 0 Å². The Balaban J connectivity index is 2.33. The Hall–Kier alpha value is -1.23. The second-order valence-corrected chi connectivity index (χ2v) is 8.46. The van der Waals surface area contributed by atoms with Crippen LogP contribution in [-0.4, -0.2) is 31.1 Å². The number of sulfonamides is 1. The lowest BCUT2D eigenvalue weighted by Crippen LogP contribution is -2.40. The van der Waals surface area contributed by atoms with E-state index >= 15 is 0 Å². The van der Waals surface area contributed by atoms with Crippen molar-refractivity contribution in [1.82, 2.24) is 4.31 Å². The lowest BCUT2D eigenvalue weighted by molar-refractivity contribution is -0.117. The summed E-state index contributed by atoms with van der Waals surface area (Å²) in [6.07, 6.45) is 3.71. The van der Waals surface area contributed by atoms with E-state index < -0.39 is 10.0 Å². The van der Waals surface area contributed by atoms with E-state index in [9.17, 15) is 13.2 Å². The van der Waals surface area contributed by atoms with Crippen LogP contribution in [0.5, 0.6) is 0 Å². The van der Waals surface area contributed by atoms with Gasteiger partial charge in [0.25, 0.3) is 10.0 Å². The summed E-state index contributed by atoms with van der Waals surface area (Å²) in [5, 5.41) is 8.85. The predicted molar refractivity (Wildman–Crippen MR) is 80.5 cm³/mol. The zero-order valence-corrected chi connectivity index (χ0v) is 13.5. The average Bonchev–Trinajstić information content (AvgIpc) is 2.80. The van der Waals surface area contributed by atoms with E-state index in [1.165, 1.54) is 23.4 Å². The van der Waals surface area contributed by atoms with Gasteiger partial charge in [-0.15, -0.1) is 11.3 Å². The highest BCUT2D eigenvalue weighted by atomic mass is 32.2. The number of carbonyl (C=O) groups excluding carboxylic acids is 1. The first-order valence-electron chi connectivity index (χ1n) is 6.96. The number of ketones is 1. The fourth-order valence-electron chi connectivity index (χ4n) is 2.64. The molecular formula is C14H18N2O3S2. The molecule has 0 saturated carbocycles. The lowest BCUT2D eigenvalue weighted by atomic mass is 10.1. The molecule has 1 aromatic heterocycles. The molecule has 1 aromatic rings. The topological polar surface area (TPSA) is 78.2 Å². The molecule has 0 radical (unpaired) electrons. The monoisotopic (exact) mass is 326 g/mol. The van der Waals surface area contributed by atoms with Gasteiger partial charge in [-0.1, -0.05) is 12.8 Å². The molecule has 0 bridgehead atoms. The van der Waals surface area contributed by atoms with E-state index in [2.05, 4.69) is 0 Å². The number of nitriles is 1. The maximum absolute atomic E-state index is 12.8. The molecule has 5 nitrogen and oxygen atoms in total. The van der Waals surface area contributed by atoms with Crippen LogP contribution in [0.3, 0.4) is 0 Å². The molecule has 1 saturated heterocycles. The molecule has 0 N–H and O–H groups in total. The van der Waals surface area contributed by atoms with E-state index in [1.807, 2.05) is 6.07 Å². The minimum Gasteiger partial charge on any atom is -0.300 e. The Morgan fingerprint density at radius 1 is 1.43 bits per heavy atom. The van der Waals surface area contributed by atoms with Crippen LogP contribution in [0.15, 0.2) is 16.3 Å². The molecule has 1 unspecified atom stereocenters. The van der Waals surface area contributed by atoms with Crippen molar-refractivity contribution < 1.29 is 13.2 Å². The molecule has 0 amide bonds. The Labute approximate surface area is 129 Å². The molecule has 2 heterocycles. The molecule has 1 fully saturated rings. The number of hydrogen-bond donors (Lipinski definition) is 0. The van der Waals surface area contributed by atoms with Gasteiger partial charge in [0.1, 0.15) is 20.9 Å². The van der Waals surface area contributed by atoms with Crippen LogP contribution in [0, 0.1) is 11.3 Å². The smallest absolute Gasteiger partial charge is 0.252 e. The Morgan fingerprint density at radius 2 is 2.19 bits per heavy atom. The van der Waals surface area contributed by atoms with Gasteiger partial charge < -0.3 is 0 Å². The summed E-state index contributed by atoms with van der Waals surface area (Å²) in [4.78, 5) is 11.8. The maximum atomic E-state index is 12.8. The molecule has 0 spiro atoms. The third kappa shape index (κ3) is 3.70. The standard InChI is InChI=1S/C14H18N2O3S2/c1-11(17)9-12-5-3-2-4-8-16(12)21(18,19)14-7-6-13(10-15)20-14/h6-7,12H,2-5,8-9H2,1H3. The molecule has 7 heteroatoms. The first-order chi connectivity index (χ1) is 9.95. The van der Waals surface area contributed by atoms with E-state index in [0.717, 1.165) is 37.0 Å². The summed E-state index contributed by atoms with van der Waals surface area (Å²) in [7, 11) is -3.62. The predicted octanol–water partition coefficient (Wildman–Crippen LogP) is 2.53. The molecule has 0 aromatic carbocycles.